The highest BCUT2D eigenvalue weighted by molar-refractivity contribution is 7.21. The summed E-state index contributed by atoms with van der Waals surface area (Å²) in [6, 6.07) is 2.16. The number of nitrogen functional groups attached to an aromatic ring is 1. The SMILES string of the molecule is CC(C)(C)C1CCc2nc3sc(C(=O)N4CCC(C(N)=O)CC4)c(N)c3cc2C1. The topological polar surface area (TPSA) is 102 Å². The van der Waals surface area contributed by atoms with Gasteiger partial charge in [-0.2, -0.15) is 0 Å². The van der Waals surface area contributed by atoms with Crippen LogP contribution in [0, 0.1) is 17.3 Å². The zero-order chi connectivity index (χ0) is 20.9. The first kappa shape index (κ1) is 20.1. The van der Waals surface area contributed by atoms with Crippen LogP contribution >= 0.6 is 11.3 Å². The number of rotatable bonds is 2. The van der Waals surface area contributed by atoms with Crippen molar-refractivity contribution in [2.45, 2.75) is 52.9 Å². The van der Waals surface area contributed by atoms with Gasteiger partial charge in [-0.3, -0.25) is 9.59 Å². The van der Waals surface area contributed by atoms with E-state index in [2.05, 4.69) is 26.8 Å². The summed E-state index contributed by atoms with van der Waals surface area (Å²) >= 11 is 1.39. The Hall–Kier alpha value is -2.15. The molecule has 1 aliphatic carbocycles. The molecule has 29 heavy (non-hydrogen) atoms. The van der Waals surface area contributed by atoms with E-state index >= 15 is 0 Å². The third-order valence-electron chi connectivity index (χ3n) is 6.69. The molecule has 1 aliphatic heterocycles. The van der Waals surface area contributed by atoms with Crippen LogP contribution < -0.4 is 11.5 Å². The first-order valence-electron chi connectivity index (χ1n) is 10.4. The van der Waals surface area contributed by atoms with Crippen molar-refractivity contribution in [1.82, 2.24) is 9.88 Å². The molecule has 2 amide bonds. The van der Waals surface area contributed by atoms with Gasteiger partial charge >= 0.3 is 0 Å². The van der Waals surface area contributed by atoms with E-state index in [9.17, 15) is 9.59 Å². The molecule has 1 atom stereocenters. The van der Waals surface area contributed by atoms with Gasteiger partial charge in [0, 0.05) is 30.1 Å². The number of anilines is 1. The number of hydrogen-bond acceptors (Lipinski definition) is 5. The Morgan fingerprint density at radius 1 is 1.21 bits per heavy atom. The van der Waals surface area contributed by atoms with Crippen LogP contribution in [-0.2, 0) is 17.6 Å². The summed E-state index contributed by atoms with van der Waals surface area (Å²) in [5.74, 6) is 0.158. The summed E-state index contributed by atoms with van der Waals surface area (Å²) in [5, 5.41) is 0.902. The molecule has 0 saturated carbocycles. The average Bonchev–Trinajstić information content (AvgIpc) is 3.00. The van der Waals surface area contributed by atoms with Crippen LogP contribution in [0.1, 0.15) is 61.0 Å². The maximum absolute atomic E-state index is 13.1. The van der Waals surface area contributed by atoms with Crippen molar-refractivity contribution in [3.63, 3.8) is 0 Å². The molecule has 156 valence electrons. The van der Waals surface area contributed by atoms with Crippen molar-refractivity contribution >= 4 is 39.1 Å². The molecule has 2 aromatic rings. The van der Waals surface area contributed by atoms with Crippen LogP contribution in [0.4, 0.5) is 5.69 Å². The Bertz CT molecular complexity index is 967. The lowest BCUT2D eigenvalue weighted by molar-refractivity contribution is -0.123. The van der Waals surface area contributed by atoms with E-state index in [1.54, 1.807) is 4.90 Å². The number of hydrogen-bond donors (Lipinski definition) is 2. The van der Waals surface area contributed by atoms with Gasteiger partial charge in [0.05, 0.1) is 5.69 Å². The second-order valence-electron chi connectivity index (χ2n) is 9.57. The summed E-state index contributed by atoms with van der Waals surface area (Å²) in [5.41, 5.74) is 15.1. The molecule has 1 unspecified atom stereocenters. The summed E-state index contributed by atoms with van der Waals surface area (Å²) in [7, 11) is 0. The number of fused-ring (bicyclic) bond motifs is 2. The largest absolute Gasteiger partial charge is 0.397 e. The number of amides is 2. The Labute approximate surface area is 175 Å². The fourth-order valence-corrected chi connectivity index (χ4v) is 5.66. The highest BCUT2D eigenvalue weighted by atomic mass is 32.1. The van der Waals surface area contributed by atoms with Gasteiger partial charge < -0.3 is 16.4 Å². The number of nitrogens with two attached hydrogens (primary N) is 2. The average molecular weight is 415 g/mol. The summed E-state index contributed by atoms with van der Waals surface area (Å²) < 4.78 is 0. The molecule has 1 fully saturated rings. The number of carbonyl (C=O) groups excluding carboxylic acids is 2. The maximum Gasteiger partial charge on any atom is 0.266 e. The molecule has 3 heterocycles. The molecular formula is C22H30N4O2S. The molecule has 4 rings (SSSR count). The standard InChI is InChI=1S/C22H30N4O2S/c1-22(2,3)14-4-5-16-13(10-14)11-15-17(23)18(29-20(15)25-16)21(28)26-8-6-12(7-9-26)19(24)27/h11-12,14H,4-10,23H2,1-3H3,(H2,24,27). The van der Waals surface area contributed by atoms with E-state index in [0.717, 1.165) is 35.2 Å². The minimum absolute atomic E-state index is 0.0565. The van der Waals surface area contributed by atoms with Crippen LogP contribution in [0.25, 0.3) is 10.2 Å². The number of nitrogens with zero attached hydrogens (tertiary/aromatic N) is 2. The zero-order valence-electron chi connectivity index (χ0n) is 17.5. The Kier molecular flexibility index (Phi) is 5.05. The molecule has 0 aromatic carbocycles. The van der Waals surface area contributed by atoms with E-state index in [0.29, 0.717) is 42.4 Å². The van der Waals surface area contributed by atoms with Crippen LogP contribution in [0.3, 0.4) is 0 Å². The maximum atomic E-state index is 13.1. The van der Waals surface area contributed by atoms with Crippen molar-refractivity contribution in [2.24, 2.45) is 23.0 Å². The number of piperidine rings is 1. The van der Waals surface area contributed by atoms with E-state index < -0.39 is 0 Å². The number of aromatic nitrogens is 1. The summed E-state index contributed by atoms with van der Waals surface area (Å²) in [6.07, 6.45) is 4.38. The second-order valence-corrected chi connectivity index (χ2v) is 10.6. The number of pyridine rings is 1. The minimum Gasteiger partial charge on any atom is -0.397 e. The van der Waals surface area contributed by atoms with Crippen LogP contribution in [0.15, 0.2) is 6.07 Å². The van der Waals surface area contributed by atoms with E-state index in [-0.39, 0.29) is 23.1 Å². The van der Waals surface area contributed by atoms with Gasteiger partial charge in [0.25, 0.3) is 5.91 Å². The Morgan fingerprint density at radius 3 is 2.52 bits per heavy atom. The molecule has 2 aliphatic rings. The van der Waals surface area contributed by atoms with Crippen molar-refractivity contribution in [2.75, 3.05) is 18.8 Å². The van der Waals surface area contributed by atoms with Crippen molar-refractivity contribution in [3.8, 4) is 0 Å². The number of primary amides is 1. The molecule has 0 radical (unpaired) electrons. The molecule has 2 aromatic heterocycles. The quantitative estimate of drug-likeness (QED) is 0.786. The van der Waals surface area contributed by atoms with Gasteiger partial charge in [0.15, 0.2) is 0 Å². The van der Waals surface area contributed by atoms with Gasteiger partial charge in [-0.25, -0.2) is 4.98 Å². The third-order valence-corrected chi connectivity index (χ3v) is 7.79. The van der Waals surface area contributed by atoms with Gasteiger partial charge in [-0.15, -0.1) is 11.3 Å². The van der Waals surface area contributed by atoms with Gasteiger partial charge in [-0.1, -0.05) is 20.8 Å². The van der Waals surface area contributed by atoms with E-state index in [1.807, 2.05) is 0 Å². The number of thiophene rings is 1. The minimum atomic E-state index is -0.276. The molecule has 0 bridgehead atoms. The van der Waals surface area contributed by atoms with Gasteiger partial charge in [0.2, 0.25) is 5.91 Å². The first-order chi connectivity index (χ1) is 13.6. The smallest absolute Gasteiger partial charge is 0.266 e. The lowest BCUT2D eigenvalue weighted by Gasteiger charge is -2.34. The van der Waals surface area contributed by atoms with Gasteiger partial charge in [0.1, 0.15) is 9.71 Å². The fraction of sp³-hybridized carbons (Fsp3) is 0.591. The van der Waals surface area contributed by atoms with Crippen molar-refractivity contribution < 1.29 is 9.59 Å². The van der Waals surface area contributed by atoms with Gasteiger partial charge in [-0.05, 0) is 55.1 Å². The highest BCUT2D eigenvalue weighted by Crippen LogP contribution is 2.40. The molecule has 1 saturated heterocycles. The van der Waals surface area contributed by atoms with Crippen LogP contribution in [0.2, 0.25) is 0 Å². The Balaban J connectivity index is 1.60. The van der Waals surface area contributed by atoms with E-state index in [4.69, 9.17) is 16.5 Å². The lowest BCUT2D eigenvalue weighted by atomic mass is 9.71. The zero-order valence-corrected chi connectivity index (χ0v) is 18.3. The summed E-state index contributed by atoms with van der Waals surface area (Å²) in [6.45, 7) is 7.97. The normalized spacial score (nSPS) is 20.7. The molecule has 0 spiro atoms. The second kappa shape index (κ2) is 7.27. The number of likely N-dealkylation sites (tertiary alicyclic amines) is 1. The van der Waals surface area contributed by atoms with Crippen LogP contribution in [0.5, 0.6) is 0 Å². The lowest BCUT2D eigenvalue weighted by Crippen LogP contribution is -2.41. The number of aryl methyl sites for hydroxylation is 1. The molecule has 4 N–H and O–H groups in total. The fourth-order valence-electron chi connectivity index (χ4n) is 4.60. The van der Waals surface area contributed by atoms with Crippen LogP contribution in [-0.4, -0.2) is 34.8 Å². The molecule has 7 heteroatoms. The molecule has 6 nitrogen and oxygen atoms in total. The molecular weight excluding hydrogens is 384 g/mol. The highest BCUT2D eigenvalue weighted by Gasteiger charge is 2.32. The first-order valence-corrected chi connectivity index (χ1v) is 11.3. The number of carbonyl (C=O) groups is 2. The van der Waals surface area contributed by atoms with E-state index in [1.165, 1.54) is 16.9 Å². The van der Waals surface area contributed by atoms with Crippen molar-refractivity contribution in [1.29, 1.82) is 0 Å². The predicted molar refractivity (Wildman–Crippen MR) is 117 cm³/mol. The monoisotopic (exact) mass is 414 g/mol. The Morgan fingerprint density at radius 2 is 1.90 bits per heavy atom. The predicted octanol–water partition coefficient (Wildman–Crippen LogP) is 3.37. The van der Waals surface area contributed by atoms with Crippen molar-refractivity contribution in [3.05, 3.63) is 22.2 Å². The summed E-state index contributed by atoms with van der Waals surface area (Å²) in [4.78, 5) is 32.6. The third kappa shape index (κ3) is 3.72.